The Hall–Kier alpha value is -0.0900. The molecule has 2 aliphatic rings. The van der Waals surface area contributed by atoms with Gasteiger partial charge >= 0.3 is 0 Å². The van der Waals surface area contributed by atoms with Crippen molar-refractivity contribution in [2.45, 2.75) is 63.2 Å². The van der Waals surface area contributed by atoms with Crippen molar-refractivity contribution in [1.29, 1.82) is 0 Å². The van der Waals surface area contributed by atoms with Crippen molar-refractivity contribution >= 4 is 8.58 Å². The second-order valence-corrected chi connectivity index (χ2v) is 7.78. The molecule has 1 fully saturated rings. The molecule has 15 heavy (non-hydrogen) atoms. The van der Waals surface area contributed by atoms with Gasteiger partial charge in [0.15, 0.2) is 0 Å². The van der Waals surface area contributed by atoms with Crippen molar-refractivity contribution in [2.24, 2.45) is 0 Å². The topological polar surface area (TPSA) is 0 Å². The van der Waals surface area contributed by atoms with E-state index in [0.717, 1.165) is 14.2 Å². The van der Waals surface area contributed by atoms with Gasteiger partial charge in [0.25, 0.3) is 0 Å². The zero-order valence-electron chi connectivity index (χ0n) is 10.1. The zero-order valence-corrected chi connectivity index (χ0v) is 11.1. The van der Waals surface area contributed by atoms with Gasteiger partial charge in [-0.3, -0.25) is 0 Å². The SMILES string of the molecule is CC(C)(PC1CCCCC1)C1=CC=CC1. The van der Waals surface area contributed by atoms with Gasteiger partial charge in [-0.2, -0.15) is 0 Å². The number of rotatable bonds is 3. The summed E-state index contributed by atoms with van der Waals surface area (Å²) in [4.78, 5) is 0. The highest BCUT2D eigenvalue weighted by atomic mass is 31.1. The lowest BCUT2D eigenvalue weighted by Crippen LogP contribution is -2.21. The van der Waals surface area contributed by atoms with Gasteiger partial charge in [0.05, 0.1) is 0 Å². The summed E-state index contributed by atoms with van der Waals surface area (Å²) in [5.74, 6) is 0. The van der Waals surface area contributed by atoms with Crippen LogP contribution in [0, 0.1) is 0 Å². The first-order valence-corrected chi connectivity index (χ1v) is 7.40. The molecule has 0 aromatic carbocycles. The molecule has 0 nitrogen and oxygen atoms in total. The van der Waals surface area contributed by atoms with Crippen LogP contribution in [0.5, 0.6) is 0 Å². The van der Waals surface area contributed by atoms with Crippen molar-refractivity contribution in [2.75, 3.05) is 0 Å². The van der Waals surface area contributed by atoms with E-state index >= 15 is 0 Å². The van der Waals surface area contributed by atoms with Crippen molar-refractivity contribution in [3.63, 3.8) is 0 Å². The molecule has 0 spiro atoms. The highest BCUT2D eigenvalue weighted by Crippen LogP contribution is 2.47. The molecule has 0 radical (unpaired) electrons. The summed E-state index contributed by atoms with van der Waals surface area (Å²) in [5.41, 5.74) is 2.68. The van der Waals surface area contributed by atoms with Gasteiger partial charge in [-0.05, 0) is 24.9 Å². The van der Waals surface area contributed by atoms with Crippen molar-refractivity contribution in [1.82, 2.24) is 0 Å². The van der Waals surface area contributed by atoms with E-state index in [9.17, 15) is 0 Å². The maximum atomic E-state index is 2.44. The predicted molar refractivity (Wildman–Crippen MR) is 71.1 cm³/mol. The summed E-state index contributed by atoms with van der Waals surface area (Å²) in [6, 6.07) is 0. The minimum Gasteiger partial charge on any atom is -0.109 e. The van der Waals surface area contributed by atoms with Crippen molar-refractivity contribution in [3.05, 3.63) is 23.8 Å². The average molecular weight is 222 g/mol. The first-order valence-electron chi connectivity index (χ1n) is 6.32. The number of allylic oxidation sites excluding steroid dienone is 4. The number of hydrogen-bond donors (Lipinski definition) is 0. The summed E-state index contributed by atoms with van der Waals surface area (Å²) in [7, 11) is 1.13. The van der Waals surface area contributed by atoms with E-state index in [4.69, 9.17) is 0 Å². The molecule has 0 saturated heterocycles. The molecule has 1 unspecified atom stereocenters. The minimum absolute atomic E-state index is 0.464. The Bertz CT molecular complexity index is 267. The molecule has 0 heterocycles. The van der Waals surface area contributed by atoms with Gasteiger partial charge in [-0.15, -0.1) is 8.58 Å². The molecule has 1 saturated carbocycles. The Labute approximate surface area is 96.0 Å². The molecule has 2 aliphatic carbocycles. The van der Waals surface area contributed by atoms with E-state index < -0.39 is 0 Å². The van der Waals surface area contributed by atoms with Crippen LogP contribution in [-0.4, -0.2) is 10.8 Å². The average Bonchev–Trinajstić information content (AvgIpc) is 2.71. The van der Waals surface area contributed by atoms with Crippen LogP contribution in [0.3, 0.4) is 0 Å². The summed E-state index contributed by atoms with van der Waals surface area (Å²) >= 11 is 0. The summed E-state index contributed by atoms with van der Waals surface area (Å²) in [6.45, 7) is 4.89. The van der Waals surface area contributed by atoms with Crippen LogP contribution in [0.25, 0.3) is 0 Å². The van der Waals surface area contributed by atoms with Gasteiger partial charge in [-0.1, -0.05) is 56.9 Å². The van der Waals surface area contributed by atoms with Gasteiger partial charge in [-0.25, -0.2) is 0 Å². The normalized spacial score (nSPS) is 24.0. The second kappa shape index (κ2) is 4.83. The Morgan fingerprint density at radius 2 is 1.93 bits per heavy atom. The van der Waals surface area contributed by atoms with Gasteiger partial charge < -0.3 is 0 Å². The van der Waals surface area contributed by atoms with Crippen LogP contribution in [0.2, 0.25) is 0 Å². The third-order valence-corrected chi connectivity index (χ3v) is 5.77. The molecule has 0 aliphatic heterocycles. The maximum Gasteiger partial charge on any atom is 0.00377 e. The Morgan fingerprint density at radius 1 is 1.20 bits per heavy atom. The summed E-state index contributed by atoms with van der Waals surface area (Å²) < 4.78 is 0. The monoisotopic (exact) mass is 222 g/mol. The minimum atomic E-state index is 0.464. The van der Waals surface area contributed by atoms with E-state index in [1.165, 1.54) is 38.5 Å². The quantitative estimate of drug-likeness (QED) is 0.609. The van der Waals surface area contributed by atoms with Crippen molar-refractivity contribution < 1.29 is 0 Å². The first kappa shape index (κ1) is 11.4. The van der Waals surface area contributed by atoms with Crippen LogP contribution in [0.1, 0.15) is 52.4 Å². The molecule has 0 aromatic heterocycles. The fourth-order valence-corrected chi connectivity index (χ4v) is 4.85. The third kappa shape index (κ3) is 2.94. The third-order valence-electron chi connectivity index (χ3n) is 3.74. The molecule has 0 bridgehead atoms. The van der Waals surface area contributed by atoms with Crippen LogP contribution in [-0.2, 0) is 0 Å². The van der Waals surface area contributed by atoms with E-state index in [1.54, 1.807) is 5.57 Å². The fraction of sp³-hybridized carbons (Fsp3) is 0.714. The highest BCUT2D eigenvalue weighted by molar-refractivity contribution is 7.41. The Morgan fingerprint density at radius 3 is 2.53 bits per heavy atom. The largest absolute Gasteiger partial charge is 0.109 e. The lowest BCUT2D eigenvalue weighted by atomic mass is 10.00. The molecule has 0 amide bonds. The smallest absolute Gasteiger partial charge is 0.00377 e. The van der Waals surface area contributed by atoms with Gasteiger partial charge in [0, 0.05) is 5.16 Å². The van der Waals surface area contributed by atoms with Crippen LogP contribution >= 0.6 is 8.58 Å². The number of hydrogen-bond acceptors (Lipinski definition) is 0. The zero-order chi connectivity index (χ0) is 10.7. The molecule has 2 rings (SSSR count). The fourth-order valence-electron chi connectivity index (χ4n) is 2.76. The standard InChI is InChI=1S/C14H23P/c1-14(2,12-8-6-7-9-12)15-13-10-4-3-5-11-13/h6-8,13,15H,3-5,9-11H2,1-2H3. The molecule has 1 atom stereocenters. The molecule has 1 heteroatoms. The lowest BCUT2D eigenvalue weighted by Gasteiger charge is -2.33. The van der Waals surface area contributed by atoms with E-state index in [1.807, 2.05) is 0 Å². The molecule has 0 N–H and O–H groups in total. The molecular weight excluding hydrogens is 199 g/mol. The predicted octanol–water partition coefficient (Wildman–Crippen LogP) is 4.66. The van der Waals surface area contributed by atoms with Crippen molar-refractivity contribution in [3.8, 4) is 0 Å². The second-order valence-electron chi connectivity index (χ2n) is 5.43. The molecule has 0 aromatic rings. The Balaban J connectivity index is 1.91. The Kier molecular flexibility index (Phi) is 3.67. The highest BCUT2D eigenvalue weighted by Gasteiger charge is 2.27. The van der Waals surface area contributed by atoms with Crippen LogP contribution < -0.4 is 0 Å². The van der Waals surface area contributed by atoms with E-state index in [2.05, 4.69) is 32.1 Å². The molecule has 84 valence electrons. The van der Waals surface area contributed by atoms with E-state index in [-0.39, 0.29) is 0 Å². The van der Waals surface area contributed by atoms with E-state index in [0.29, 0.717) is 5.16 Å². The maximum absolute atomic E-state index is 2.44. The summed E-state index contributed by atoms with van der Waals surface area (Å²) in [5, 5.41) is 0.464. The van der Waals surface area contributed by atoms with Crippen LogP contribution in [0.15, 0.2) is 23.8 Å². The lowest BCUT2D eigenvalue weighted by molar-refractivity contribution is 0.509. The first-order chi connectivity index (χ1) is 7.18. The van der Waals surface area contributed by atoms with Gasteiger partial charge in [0.1, 0.15) is 0 Å². The molecular formula is C14H23P. The van der Waals surface area contributed by atoms with Crippen LogP contribution in [0.4, 0.5) is 0 Å². The summed E-state index contributed by atoms with van der Waals surface area (Å²) in [6.07, 6.45) is 15.5. The van der Waals surface area contributed by atoms with Gasteiger partial charge in [0.2, 0.25) is 0 Å².